The van der Waals surface area contributed by atoms with E-state index in [0.29, 0.717) is 6.61 Å². The molecule has 0 heterocycles. The predicted molar refractivity (Wildman–Crippen MR) is 94.5 cm³/mol. The first kappa shape index (κ1) is 15.7. The highest BCUT2D eigenvalue weighted by atomic mass is 16.5. The summed E-state index contributed by atoms with van der Waals surface area (Å²) in [5, 5.41) is 12.0. The lowest BCUT2D eigenvalue weighted by atomic mass is 10.0. The summed E-state index contributed by atoms with van der Waals surface area (Å²) < 4.78 is 5.84. The van der Waals surface area contributed by atoms with Crippen molar-refractivity contribution in [1.29, 1.82) is 0 Å². The minimum absolute atomic E-state index is 0.0139. The van der Waals surface area contributed by atoms with E-state index in [1.54, 1.807) is 0 Å². The molecule has 0 fully saturated rings. The highest BCUT2D eigenvalue weighted by molar-refractivity contribution is 5.82. The van der Waals surface area contributed by atoms with Crippen molar-refractivity contribution in [2.45, 2.75) is 18.9 Å². The highest BCUT2D eigenvalue weighted by Crippen LogP contribution is 2.19. The zero-order valence-corrected chi connectivity index (χ0v) is 13.2. The molecule has 0 saturated carbocycles. The molecule has 0 radical (unpaired) electrons. The molecule has 0 aliphatic carbocycles. The van der Waals surface area contributed by atoms with Crippen LogP contribution in [0.2, 0.25) is 0 Å². The van der Waals surface area contributed by atoms with Gasteiger partial charge in [-0.05, 0) is 34.7 Å². The Morgan fingerprint density at radius 1 is 0.826 bits per heavy atom. The van der Waals surface area contributed by atoms with E-state index in [4.69, 9.17) is 4.74 Å². The van der Waals surface area contributed by atoms with Crippen LogP contribution in [0.1, 0.15) is 23.7 Å². The summed E-state index contributed by atoms with van der Waals surface area (Å²) in [6.07, 6.45) is 1.70. The summed E-state index contributed by atoms with van der Waals surface area (Å²) in [4.78, 5) is 0. The third-order valence-electron chi connectivity index (χ3n) is 4.08. The van der Waals surface area contributed by atoms with Crippen molar-refractivity contribution in [2.75, 3.05) is 13.2 Å². The number of hydrogen-bond donors (Lipinski definition) is 1. The van der Waals surface area contributed by atoms with Crippen LogP contribution >= 0.6 is 0 Å². The third kappa shape index (κ3) is 4.19. The molecule has 0 aliphatic heterocycles. The van der Waals surface area contributed by atoms with Gasteiger partial charge in [0.2, 0.25) is 0 Å². The summed E-state index contributed by atoms with van der Waals surface area (Å²) >= 11 is 0. The second-order valence-corrected chi connectivity index (χ2v) is 5.74. The van der Waals surface area contributed by atoms with E-state index < -0.39 is 0 Å². The molecule has 23 heavy (non-hydrogen) atoms. The Morgan fingerprint density at radius 2 is 1.57 bits per heavy atom. The van der Waals surface area contributed by atoms with Gasteiger partial charge in [-0.15, -0.1) is 0 Å². The number of fused-ring (bicyclic) bond motifs is 1. The van der Waals surface area contributed by atoms with Crippen LogP contribution < -0.4 is 0 Å². The molecule has 3 rings (SSSR count). The lowest BCUT2D eigenvalue weighted by Crippen LogP contribution is -2.10. The van der Waals surface area contributed by atoms with Gasteiger partial charge in [-0.2, -0.15) is 0 Å². The maximum Gasteiger partial charge on any atom is 0.105 e. The second-order valence-electron chi connectivity index (χ2n) is 5.74. The van der Waals surface area contributed by atoms with Crippen LogP contribution in [0, 0.1) is 0 Å². The lowest BCUT2D eigenvalue weighted by molar-refractivity contribution is 0.0107. The van der Waals surface area contributed by atoms with Crippen molar-refractivity contribution in [2.24, 2.45) is 0 Å². The molecule has 0 saturated heterocycles. The van der Waals surface area contributed by atoms with Crippen LogP contribution in [0.4, 0.5) is 0 Å². The van der Waals surface area contributed by atoms with Crippen molar-refractivity contribution >= 4 is 10.8 Å². The second kappa shape index (κ2) is 7.91. The molecule has 118 valence electrons. The molecule has 0 bridgehead atoms. The van der Waals surface area contributed by atoms with Gasteiger partial charge < -0.3 is 9.84 Å². The van der Waals surface area contributed by atoms with Gasteiger partial charge in [0.25, 0.3) is 0 Å². The smallest absolute Gasteiger partial charge is 0.105 e. The largest absolute Gasteiger partial charge is 0.393 e. The number of rotatable bonds is 7. The molecule has 1 atom stereocenters. The van der Waals surface area contributed by atoms with Crippen LogP contribution in [0.15, 0.2) is 72.8 Å². The number of ether oxygens (including phenoxy) is 1. The molecule has 2 heteroatoms. The Balaban J connectivity index is 1.52. The summed E-state index contributed by atoms with van der Waals surface area (Å²) in [7, 11) is 0. The first-order chi connectivity index (χ1) is 11.4. The topological polar surface area (TPSA) is 29.5 Å². The van der Waals surface area contributed by atoms with E-state index in [-0.39, 0.29) is 12.7 Å². The zero-order valence-electron chi connectivity index (χ0n) is 13.2. The van der Waals surface area contributed by atoms with Crippen LogP contribution in [-0.2, 0) is 11.2 Å². The SMILES string of the molecule is OCC(OCCCc1ccc2ccccc2c1)c1ccccc1. The quantitative estimate of drug-likeness (QED) is 0.650. The molecular formula is C21H22O2. The van der Waals surface area contributed by atoms with Gasteiger partial charge in [-0.3, -0.25) is 0 Å². The highest BCUT2D eigenvalue weighted by Gasteiger charge is 2.09. The Bertz CT molecular complexity index is 737. The molecule has 0 spiro atoms. The average Bonchev–Trinajstić information content (AvgIpc) is 2.62. The van der Waals surface area contributed by atoms with Gasteiger partial charge in [0.05, 0.1) is 6.61 Å². The first-order valence-corrected chi connectivity index (χ1v) is 8.12. The number of hydrogen-bond acceptors (Lipinski definition) is 2. The minimum atomic E-state index is -0.229. The number of benzene rings is 3. The standard InChI is InChI=1S/C21H22O2/c22-16-21(19-9-2-1-3-10-19)23-14-6-7-17-12-13-18-8-4-5-11-20(18)15-17/h1-5,8-13,15,21-22H,6-7,14,16H2. The Kier molecular flexibility index (Phi) is 5.41. The average molecular weight is 306 g/mol. The molecule has 0 aromatic heterocycles. The monoisotopic (exact) mass is 306 g/mol. The van der Waals surface area contributed by atoms with Gasteiger partial charge in [-0.25, -0.2) is 0 Å². The summed E-state index contributed by atoms with van der Waals surface area (Å²) in [6, 6.07) is 24.9. The van der Waals surface area contributed by atoms with Crippen molar-refractivity contribution in [3.05, 3.63) is 83.9 Å². The lowest BCUT2D eigenvalue weighted by Gasteiger charge is -2.15. The van der Waals surface area contributed by atoms with Crippen molar-refractivity contribution < 1.29 is 9.84 Å². The van der Waals surface area contributed by atoms with Crippen molar-refractivity contribution in [3.8, 4) is 0 Å². The van der Waals surface area contributed by atoms with E-state index in [0.717, 1.165) is 18.4 Å². The summed E-state index contributed by atoms with van der Waals surface area (Å²) in [5.74, 6) is 0. The van der Waals surface area contributed by atoms with Crippen molar-refractivity contribution in [3.63, 3.8) is 0 Å². The normalized spacial score (nSPS) is 12.4. The first-order valence-electron chi connectivity index (χ1n) is 8.12. The molecule has 0 aliphatic rings. The Hall–Kier alpha value is -2.16. The Morgan fingerprint density at radius 3 is 2.35 bits per heavy atom. The number of aryl methyl sites for hydroxylation is 1. The van der Waals surface area contributed by atoms with E-state index in [1.807, 2.05) is 30.3 Å². The number of aliphatic hydroxyl groups excluding tert-OH is 1. The van der Waals surface area contributed by atoms with Crippen molar-refractivity contribution in [1.82, 2.24) is 0 Å². The van der Waals surface area contributed by atoms with E-state index in [1.165, 1.54) is 16.3 Å². The van der Waals surface area contributed by atoms with Crippen LogP contribution in [0.5, 0.6) is 0 Å². The zero-order chi connectivity index (χ0) is 15.9. The Labute approximate surface area is 137 Å². The molecular weight excluding hydrogens is 284 g/mol. The van der Waals surface area contributed by atoms with E-state index >= 15 is 0 Å². The fourth-order valence-electron chi connectivity index (χ4n) is 2.82. The van der Waals surface area contributed by atoms with Gasteiger partial charge in [0.15, 0.2) is 0 Å². The molecule has 0 amide bonds. The van der Waals surface area contributed by atoms with E-state index in [2.05, 4.69) is 42.5 Å². The molecule has 1 unspecified atom stereocenters. The van der Waals surface area contributed by atoms with Gasteiger partial charge in [0, 0.05) is 6.61 Å². The van der Waals surface area contributed by atoms with Gasteiger partial charge in [0.1, 0.15) is 6.10 Å². The van der Waals surface area contributed by atoms with Crippen LogP contribution in [0.25, 0.3) is 10.8 Å². The molecule has 1 N–H and O–H groups in total. The maximum atomic E-state index is 9.49. The fraction of sp³-hybridized carbons (Fsp3) is 0.238. The van der Waals surface area contributed by atoms with Crippen LogP contribution in [-0.4, -0.2) is 18.3 Å². The molecule has 3 aromatic carbocycles. The van der Waals surface area contributed by atoms with Gasteiger partial charge >= 0.3 is 0 Å². The third-order valence-corrected chi connectivity index (χ3v) is 4.08. The fourth-order valence-corrected chi connectivity index (χ4v) is 2.82. The summed E-state index contributed by atoms with van der Waals surface area (Å²) in [6.45, 7) is 0.660. The predicted octanol–water partition coefficient (Wildman–Crippen LogP) is 4.52. The molecule has 2 nitrogen and oxygen atoms in total. The van der Waals surface area contributed by atoms with E-state index in [9.17, 15) is 5.11 Å². The minimum Gasteiger partial charge on any atom is -0.393 e. The van der Waals surface area contributed by atoms with Gasteiger partial charge in [-0.1, -0.05) is 72.8 Å². The summed E-state index contributed by atoms with van der Waals surface area (Å²) in [5.41, 5.74) is 2.35. The number of aliphatic hydroxyl groups is 1. The van der Waals surface area contributed by atoms with Crippen LogP contribution in [0.3, 0.4) is 0 Å². The molecule has 3 aromatic rings. The maximum absolute atomic E-state index is 9.49.